The molecule has 35 heavy (non-hydrogen) atoms. The van der Waals surface area contributed by atoms with Gasteiger partial charge in [-0.3, -0.25) is 9.69 Å². The number of benzene rings is 1. The highest BCUT2D eigenvalue weighted by Crippen LogP contribution is 2.38. The fraction of sp³-hybridized carbons (Fsp3) is 0.720. The molecule has 0 bridgehead atoms. The Bertz CT molecular complexity index is 977. The van der Waals surface area contributed by atoms with Gasteiger partial charge in [0.15, 0.2) is 0 Å². The largest absolute Gasteiger partial charge is 0.416 e. The summed E-state index contributed by atoms with van der Waals surface area (Å²) in [5.41, 5.74) is -0.863. The Morgan fingerprint density at radius 1 is 0.971 bits per heavy atom. The molecule has 0 unspecified atom stereocenters. The molecule has 196 valence electrons. The van der Waals surface area contributed by atoms with Gasteiger partial charge in [-0.2, -0.15) is 17.5 Å². The van der Waals surface area contributed by atoms with Gasteiger partial charge in [0.25, 0.3) is 0 Å². The van der Waals surface area contributed by atoms with Crippen LogP contribution >= 0.6 is 0 Å². The maximum Gasteiger partial charge on any atom is 0.416 e. The number of piperazine rings is 1. The van der Waals surface area contributed by atoms with Gasteiger partial charge in [-0.1, -0.05) is 0 Å². The van der Waals surface area contributed by atoms with Crippen molar-refractivity contribution in [3.05, 3.63) is 29.8 Å². The van der Waals surface area contributed by atoms with Crippen LogP contribution in [0, 0.1) is 11.8 Å². The minimum atomic E-state index is -4.51. The van der Waals surface area contributed by atoms with Gasteiger partial charge in [0.1, 0.15) is 0 Å². The van der Waals surface area contributed by atoms with Crippen LogP contribution in [0.15, 0.2) is 29.2 Å². The van der Waals surface area contributed by atoms with E-state index in [0.717, 1.165) is 63.3 Å². The van der Waals surface area contributed by atoms with E-state index in [2.05, 4.69) is 18.7 Å². The number of sulfonamides is 1. The summed E-state index contributed by atoms with van der Waals surface area (Å²) in [5.74, 6) is 0.385. The lowest BCUT2D eigenvalue weighted by atomic mass is 9.85. The predicted molar refractivity (Wildman–Crippen MR) is 127 cm³/mol. The zero-order valence-corrected chi connectivity index (χ0v) is 21.3. The second-order valence-electron chi connectivity index (χ2n) is 10.5. The molecule has 1 aromatic rings. The molecule has 0 atom stereocenters. The van der Waals surface area contributed by atoms with Crippen molar-refractivity contribution in [1.82, 2.24) is 14.1 Å². The summed E-state index contributed by atoms with van der Waals surface area (Å²) in [7, 11) is -3.93. The Balaban J connectivity index is 1.40. The third-order valence-electron chi connectivity index (χ3n) is 7.73. The van der Waals surface area contributed by atoms with Crippen LogP contribution in [0.1, 0.15) is 57.9 Å². The molecule has 0 radical (unpaired) electrons. The normalized spacial score (nSPS) is 24.8. The van der Waals surface area contributed by atoms with Crippen molar-refractivity contribution in [1.29, 1.82) is 0 Å². The van der Waals surface area contributed by atoms with Crippen molar-refractivity contribution in [2.45, 2.75) is 75.5 Å². The number of halogens is 3. The van der Waals surface area contributed by atoms with Crippen molar-refractivity contribution in [2.75, 3.05) is 32.7 Å². The molecule has 4 rings (SSSR count). The Labute approximate surface area is 206 Å². The monoisotopic (exact) mass is 515 g/mol. The van der Waals surface area contributed by atoms with E-state index in [1.807, 2.05) is 4.90 Å². The summed E-state index contributed by atoms with van der Waals surface area (Å²) in [4.78, 5) is 17.3. The number of hydrogen-bond donors (Lipinski definition) is 0. The molecule has 1 aliphatic heterocycles. The zero-order chi connectivity index (χ0) is 25.4. The third kappa shape index (κ3) is 6.20. The van der Waals surface area contributed by atoms with Gasteiger partial charge in [0, 0.05) is 50.7 Å². The van der Waals surface area contributed by atoms with E-state index in [4.69, 9.17) is 0 Å². The van der Waals surface area contributed by atoms with E-state index < -0.39 is 21.8 Å². The third-order valence-corrected chi connectivity index (χ3v) is 9.67. The van der Waals surface area contributed by atoms with Crippen molar-refractivity contribution < 1.29 is 26.4 Å². The van der Waals surface area contributed by atoms with Gasteiger partial charge in [-0.25, -0.2) is 8.42 Å². The molecule has 1 heterocycles. The van der Waals surface area contributed by atoms with E-state index in [-0.39, 0.29) is 22.8 Å². The molecule has 2 aliphatic carbocycles. The quantitative estimate of drug-likeness (QED) is 0.546. The average Bonchev–Trinajstić information content (AvgIpc) is 3.66. The van der Waals surface area contributed by atoms with Crippen molar-refractivity contribution >= 4 is 15.9 Å². The van der Waals surface area contributed by atoms with Crippen LogP contribution in [0.4, 0.5) is 13.2 Å². The van der Waals surface area contributed by atoms with Gasteiger partial charge < -0.3 is 4.90 Å². The van der Waals surface area contributed by atoms with Crippen molar-refractivity contribution in [3.63, 3.8) is 0 Å². The Kier molecular flexibility index (Phi) is 7.83. The van der Waals surface area contributed by atoms with Crippen molar-refractivity contribution in [3.8, 4) is 0 Å². The highest BCUT2D eigenvalue weighted by molar-refractivity contribution is 7.89. The standard InChI is InChI=1S/C25H36F3N3O3S/c1-18(2)29-13-15-30(16-14-29)24(32)20-5-9-22(10-6-20)31(17-19-3-4-19)35(33,34)23-11-7-21(8-12-23)25(26,27)28/h7-8,11-12,18-20,22H,3-6,9-10,13-17H2,1-2H3/t20-,22-. The molecule has 1 aromatic carbocycles. The zero-order valence-electron chi connectivity index (χ0n) is 20.5. The molecule has 2 saturated carbocycles. The summed E-state index contributed by atoms with van der Waals surface area (Å²) >= 11 is 0. The molecule has 3 fully saturated rings. The number of rotatable bonds is 7. The molecule has 1 saturated heterocycles. The van der Waals surface area contributed by atoms with E-state index in [1.165, 1.54) is 4.31 Å². The molecule has 3 aliphatic rings. The van der Waals surface area contributed by atoms with Crippen LogP contribution in [-0.2, 0) is 21.0 Å². The first-order valence-electron chi connectivity index (χ1n) is 12.7. The van der Waals surface area contributed by atoms with Gasteiger partial charge >= 0.3 is 6.18 Å². The van der Waals surface area contributed by atoms with Crippen molar-refractivity contribution in [2.24, 2.45) is 11.8 Å². The number of carbonyl (C=O) groups is 1. The Hall–Kier alpha value is -1.65. The highest BCUT2D eigenvalue weighted by Gasteiger charge is 2.40. The van der Waals surface area contributed by atoms with Gasteiger partial charge in [0.2, 0.25) is 15.9 Å². The summed E-state index contributed by atoms with van der Waals surface area (Å²) in [6, 6.07) is 4.01. The molecular formula is C25H36F3N3O3S. The van der Waals surface area contributed by atoms with Gasteiger partial charge in [-0.05, 0) is 82.6 Å². The highest BCUT2D eigenvalue weighted by atomic mass is 32.2. The van der Waals surface area contributed by atoms with Crippen LogP contribution in [0.2, 0.25) is 0 Å². The van der Waals surface area contributed by atoms with Crippen LogP contribution in [0.5, 0.6) is 0 Å². The summed E-state index contributed by atoms with van der Waals surface area (Å²) < 4.78 is 67.3. The molecule has 6 nitrogen and oxygen atoms in total. The van der Waals surface area contributed by atoms with Crippen LogP contribution in [0.3, 0.4) is 0 Å². The molecule has 0 spiro atoms. The molecular weight excluding hydrogens is 479 g/mol. The smallest absolute Gasteiger partial charge is 0.340 e. The number of nitrogens with zero attached hydrogens (tertiary/aromatic N) is 3. The van der Waals surface area contributed by atoms with Crippen LogP contribution < -0.4 is 0 Å². The molecule has 0 N–H and O–H groups in total. The predicted octanol–water partition coefficient (Wildman–Crippen LogP) is 4.22. The Morgan fingerprint density at radius 3 is 2.03 bits per heavy atom. The molecule has 10 heteroatoms. The minimum Gasteiger partial charge on any atom is -0.340 e. The fourth-order valence-electron chi connectivity index (χ4n) is 5.28. The first-order valence-corrected chi connectivity index (χ1v) is 14.1. The van der Waals surface area contributed by atoms with E-state index in [9.17, 15) is 26.4 Å². The Morgan fingerprint density at radius 2 is 1.54 bits per heavy atom. The first kappa shape index (κ1) is 26.4. The number of alkyl halides is 3. The van der Waals surface area contributed by atoms with E-state index in [1.54, 1.807) is 0 Å². The fourth-order valence-corrected chi connectivity index (χ4v) is 7.04. The van der Waals surface area contributed by atoms with E-state index in [0.29, 0.717) is 44.2 Å². The number of carbonyl (C=O) groups excluding carboxylic acids is 1. The lowest BCUT2D eigenvalue weighted by Crippen LogP contribution is -2.52. The molecule has 1 amide bonds. The van der Waals surface area contributed by atoms with Gasteiger partial charge in [-0.15, -0.1) is 0 Å². The summed E-state index contributed by atoms with van der Waals surface area (Å²) in [6.45, 7) is 7.91. The lowest BCUT2D eigenvalue weighted by Gasteiger charge is -2.40. The molecule has 0 aromatic heterocycles. The number of amides is 1. The lowest BCUT2D eigenvalue weighted by molar-refractivity contribution is -0.139. The topological polar surface area (TPSA) is 60.9 Å². The van der Waals surface area contributed by atoms with Crippen LogP contribution in [-0.4, -0.2) is 73.2 Å². The second kappa shape index (κ2) is 10.4. The minimum absolute atomic E-state index is 0.0894. The first-order chi connectivity index (χ1) is 16.5. The van der Waals surface area contributed by atoms with Crippen LogP contribution in [0.25, 0.3) is 0 Å². The average molecular weight is 516 g/mol. The SMILES string of the molecule is CC(C)N1CCN(C(=O)[C@H]2CC[C@H](N(CC3CC3)S(=O)(=O)c3ccc(C(F)(F)F)cc3)CC2)CC1. The maximum atomic E-state index is 13.5. The summed E-state index contributed by atoms with van der Waals surface area (Å²) in [5, 5.41) is 0. The number of hydrogen-bond acceptors (Lipinski definition) is 4. The second-order valence-corrected chi connectivity index (χ2v) is 12.4. The van der Waals surface area contributed by atoms with E-state index >= 15 is 0 Å². The van der Waals surface area contributed by atoms with Gasteiger partial charge in [0.05, 0.1) is 10.5 Å². The summed E-state index contributed by atoms with van der Waals surface area (Å²) in [6.07, 6.45) is -0.119. The maximum absolute atomic E-state index is 13.5.